The lowest BCUT2D eigenvalue weighted by molar-refractivity contribution is 0.472. The molecule has 0 atom stereocenters. The first-order valence-corrected chi connectivity index (χ1v) is 5.74. The number of para-hydroxylation sites is 1. The van der Waals surface area contributed by atoms with Crippen molar-refractivity contribution in [2.75, 3.05) is 0 Å². The fourth-order valence-electron chi connectivity index (χ4n) is 1.71. The number of aryl methyl sites for hydroxylation is 2. The van der Waals surface area contributed by atoms with Crippen LogP contribution in [-0.4, -0.2) is 0 Å². The summed E-state index contributed by atoms with van der Waals surface area (Å²) in [6.07, 6.45) is 0. The Morgan fingerprint density at radius 1 is 1.00 bits per heavy atom. The summed E-state index contributed by atoms with van der Waals surface area (Å²) in [6, 6.07) is 14.1. The SMILES string of the molecule is Cc1ccc(CN)c(Oc2ccccc2C)c1. The van der Waals surface area contributed by atoms with E-state index in [2.05, 4.69) is 0 Å². The van der Waals surface area contributed by atoms with Crippen LogP contribution >= 0.6 is 0 Å². The van der Waals surface area contributed by atoms with Crippen LogP contribution in [0.1, 0.15) is 16.7 Å². The van der Waals surface area contributed by atoms with Gasteiger partial charge in [-0.15, -0.1) is 0 Å². The molecule has 0 saturated heterocycles. The number of benzene rings is 2. The third-order valence-corrected chi connectivity index (χ3v) is 2.76. The van der Waals surface area contributed by atoms with Gasteiger partial charge in [0.2, 0.25) is 0 Å². The lowest BCUT2D eigenvalue weighted by Crippen LogP contribution is -2.00. The number of rotatable bonds is 3. The molecule has 0 aliphatic heterocycles. The maximum Gasteiger partial charge on any atom is 0.132 e. The van der Waals surface area contributed by atoms with Crippen LogP contribution < -0.4 is 10.5 Å². The van der Waals surface area contributed by atoms with Crippen LogP contribution in [0, 0.1) is 13.8 Å². The van der Waals surface area contributed by atoms with Crippen LogP contribution in [0.25, 0.3) is 0 Å². The Balaban J connectivity index is 2.35. The first kappa shape index (κ1) is 11.7. The summed E-state index contributed by atoms with van der Waals surface area (Å²) in [4.78, 5) is 0. The van der Waals surface area contributed by atoms with Crippen LogP contribution in [-0.2, 0) is 6.54 Å². The lowest BCUT2D eigenvalue weighted by Gasteiger charge is -2.12. The Morgan fingerprint density at radius 3 is 2.47 bits per heavy atom. The Labute approximate surface area is 102 Å². The van der Waals surface area contributed by atoms with Crippen molar-refractivity contribution in [1.29, 1.82) is 0 Å². The molecular weight excluding hydrogens is 210 g/mol. The van der Waals surface area contributed by atoms with Crippen molar-refractivity contribution in [3.05, 3.63) is 59.2 Å². The second-order valence-electron chi connectivity index (χ2n) is 4.18. The zero-order valence-electron chi connectivity index (χ0n) is 10.2. The van der Waals surface area contributed by atoms with Gasteiger partial charge in [0.1, 0.15) is 11.5 Å². The van der Waals surface area contributed by atoms with E-state index < -0.39 is 0 Å². The molecule has 0 aliphatic rings. The van der Waals surface area contributed by atoms with Gasteiger partial charge in [0, 0.05) is 12.1 Å². The first-order chi connectivity index (χ1) is 8.20. The molecule has 2 aromatic carbocycles. The summed E-state index contributed by atoms with van der Waals surface area (Å²) in [5.74, 6) is 1.73. The first-order valence-electron chi connectivity index (χ1n) is 5.74. The lowest BCUT2D eigenvalue weighted by atomic mass is 10.1. The van der Waals surface area contributed by atoms with Crippen LogP contribution in [0.5, 0.6) is 11.5 Å². The molecule has 0 fully saturated rings. The molecule has 2 N–H and O–H groups in total. The van der Waals surface area contributed by atoms with E-state index in [9.17, 15) is 0 Å². The largest absolute Gasteiger partial charge is 0.457 e. The van der Waals surface area contributed by atoms with Crippen molar-refractivity contribution in [3.8, 4) is 11.5 Å². The monoisotopic (exact) mass is 227 g/mol. The highest BCUT2D eigenvalue weighted by Gasteiger charge is 2.05. The summed E-state index contributed by atoms with van der Waals surface area (Å²) in [6.45, 7) is 4.57. The molecule has 2 heteroatoms. The zero-order valence-corrected chi connectivity index (χ0v) is 10.2. The number of hydrogen-bond donors (Lipinski definition) is 1. The van der Waals surface area contributed by atoms with Gasteiger partial charge in [-0.3, -0.25) is 0 Å². The van der Waals surface area contributed by atoms with E-state index in [4.69, 9.17) is 10.5 Å². The van der Waals surface area contributed by atoms with Gasteiger partial charge in [0.05, 0.1) is 0 Å². The molecule has 0 bridgehead atoms. The van der Waals surface area contributed by atoms with Crippen molar-refractivity contribution >= 4 is 0 Å². The van der Waals surface area contributed by atoms with Crippen molar-refractivity contribution in [1.82, 2.24) is 0 Å². The van der Waals surface area contributed by atoms with Gasteiger partial charge in [0.15, 0.2) is 0 Å². The molecule has 0 amide bonds. The molecule has 0 radical (unpaired) electrons. The standard InChI is InChI=1S/C15H17NO/c1-11-7-8-13(10-16)15(9-11)17-14-6-4-3-5-12(14)2/h3-9H,10,16H2,1-2H3. The predicted octanol–water partition coefficient (Wildman–Crippen LogP) is 3.55. The minimum absolute atomic E-state index is 0.488. The molecule has 0 aliphatic carbocycles. The van der Waals surface area contributed by atoms with Crippen molar-refractivity contribution in [3.63, 3.8) is 0 Å². The molecule has 17 heavy (non-hydrogen) atoms. The summed E-state index contributed by atoms with van der Waals surface area (Å²) in [7, 11) is 0. The van der Waals surface area contributed by atoms with Crippen LogP contribution in [0.3, 0.4) is 0 Å². The molecule has 0 aromatic heterocycles. The molecule has 2 rings (SSSR count). The molecule has 0 heterocycles. The number of ether oxygens (including phenoxy) is 1. The van der Waals surface area contributed by atoms with Crippen molar-refractivity contribution in [2.24, 2.45) is 5.73 Å². The highest BCUT2D eigenvalue weighted by atomic mass is 16.5. The summed E-state index contributed by atoms with van der Waals surface area (Å²) < 4.78 is 5.93. The smallest absolute Gasteiger partial charge is 0.132 e. The fraction of sp³-hybridized carbons (Fsp3) is 0.200. The van der Waals surface area contributed by atoms with Gasteiger partial charge in [-0.1, -0.05) is 30.3 Å². The minimum atomic E-state index is 0.488. The Bertz CT molecular complexity index is 520. The molecule has 88 valence electrons. The van der Waals surface area contributed by atoms with E-state index in [0.29, 0.717) is 6.54 Å². The Kier molecular flexibility index (Phi) is 3.45. The topological polar surface area (TPSA) is 35.2 Å². The van der Waals surface area contributed by atoms with E-state index in [0.717, 1.165) is 22.6 Å². The average Bonchev–Trinajstić information content (AvgIpc) is 2.32. The summed E-state index contributed by atoms with van der Waals surface area (Å²) in [5, 5.41) is 0. The molecule has 2 nitrogen and oxygen atoms in total. The second kappa shape index (κ2) is 5.02. The molecule has 0 spiro atoms. The Morgan fingerprint density at radius 2 is 1.76 bits per heavy atom. The van der Waals surface area contributed by atoms with Gasteiger partial charge in [-0.2, -0.15) is 0 Å². The molecular formula is C15H17NO. The van der Waals surface area contributed by atoms with E-state index in [1.54, 1.807) is 0 Å². The van der Waals surface area contributed by atoms with Gasteiger partial charge in [-0.25, -0.2) is 0 Å². The molecule has 0 saturated carbocycles. The Hall–Kier alpha value is -1.80. The quantitative estimate of drug-likeness (QED) is 0.870. The molecule has 0 unspecified atom stereocenters. The summed E-state index contributed by atoms with van der Waals surface area (Å²) >= 11 is 0. The van der Waals surface area contributed by atoms with Crippen LogP contribution in [0.2, 0.25) is 0 Å². The predicted molar refractivity (Wildman–Crippen MR) is 70.3 cm³/mol. The van der Waals surface area contributed by atoms with Gasteiger partial charge < -0.3 is 10.5 Å². The highest BCUT2D eigenvalue weighted by molar-refractivity contribution is 5.42. The van der Waals surface area contributed by atoms with E-state index >= 15 is 0 Å². The van der Waals surface area contributed by atoms with Gasteiger partial charge in [0.25, 0.3) is 0 Å². The van der Waals surface area contributed by atoms with Crippen LogP contribution in [0.15, 0.2) is 42.5 Å². The minimum Gasteiger partial charge on any atom is -0.457 e. The van der Waals surface area contributed by atoms with E-state index in [1.165, 1.54) is 5.56 Å². The third kappa shape index (κ3) is 2.66. The normalized spacial score (nSPS) is 10.3. The third-order valence-electron chi connectivity index (χ3n) is 2.76. The number of hydrogen-bond acceptors (Lipinski definition) is 2. The second-order valence-corrected chi connectivity index (χ2v) is 4.18. The van der Waals surface area contributed by atoms with E-state index in [-0.39, 0.29) is 0 Å². The maximum absolute atomic E-state index is 5.93. The zero-order chi connectivity index (χ0) is 12.3. The highest BCUT2D eigenvalue weighted by Crippen LogP contribution is 2.28. The molecule has 2 aromatic rings. The van der Waals surface area contributed by atoms with Gasteiger partial charge >= 0.3 is 0 Å². The average molecular weight is 227 g/mol. The van der Waals surface area contributed by atoms with Crippen molar-refractivity contribution in [2.45, 2.75) is 20.4 Å². The van der Waals surface area contributed by atoms with Crippen LogP contribution in [0.4, 0.5) is 0 Å². The van der Waals surface area contributed by atoms with E-state index in [1.807, 2.05) is 56.3 Å². The maximum atomic E-state index is 5.93. The van der Waals surface area contributed by atoms with Gasteiger partial charge in [-0.05, 0) is 37.1 Å². The number of nitrogens with two attached hydrogens (primary N) is 1. The fourth-order valence-corrected chi connectivity index (χ4v) is 1.71. The van der Waals surface area contributed by atoms with Crippen molar-refractivity contribution < 1.29 is 4.74 Å². The summed E-state index contributed by atoms with van der Waals surface area (Å²) in [5.41, 5.74) is 9.03.